The Morgan fingerprint density at radius 2 is 1.79 bits per heavy atom. The van der Waals surface area contributed by atoms with E-state index in [2.05, 4.69) is 11.4 Å². The van der Waals surface area contributed by atoms with Crippen LogP contribution in [0.25, 0.3) is 11.0 Å². The van der Waals surface area contributed by atoms with Gasteiger partial charge in [-0.3, -0.25) is 4.79 Å². The molecule has 3 aromatic rings. The van der Waals surface area contributed by atoms with Crippen molar-refractivity contribution in [2.24, 2.45) is 0 Å². The predicted octanol–water partition coefficient (Wildman–Crippen LogP) is 4.97. The lowest BCUT2D eigenvalue weighted by Gasteiger charge is -2.31. The number of hydrogen-bond acceptors (Lipinski definition) is 4. The molecule has 1 heterocycles. The highest BCUT2D eigenvalue weighted by Crippen LogP contribution is 2.31. The Morgan fingerprint density at radius 1 is 1.07 bits per heavy atom. The van der Waals surface area contributed by atoms with Crippen LogP contribution in [0.3, 0.4) is 0 Å². The molecule has 0 bridgehead atoms. The molecule has 0 aliphatic heterocycles. The average Bonchev–Trinajstić information content (AvgIpc) is 3.12. The lowest BCUT2D eigenvalue weighted by molar-refractivity contribution is 0.0873. The van der Waals surface area contributed by atoms with E-state index in [-0.39, 0.29) is 18.3 Å². The van der Waals surface area contributed by atoms with Crippen molar-refractivity contribution in [3.63, 3.8) is 0 Å². The molecule has 1 aliphatic carbocycles. The van der Waals surface area contributed by atoms with Gasteiger partial charge in [0.2, 0.25) is 0 Å². The monoisotopic (exact) mass is 374 g/mol. The Labute approximate surface area is 163 Å². The third-order valence-corrected chi connectivity index (χ3v) is 5.30. The molecule has 2 aromatic carbocycles. The minimum atomic E-state index is -0.814. The molecule has 0 spiro atoms. The zero-order valence-corrected chi connectivity index (χ0v) is 15.6. The highest BCUT2D eigenvalue weighted by molar-refractivity contribution is 5.99. The summed E-state index contributed by atoms with van der Waals surface area (Å²) >= 11 is 0. The molecule has 1 saturated carbocycles. The van der Waals surface area contributed by atoms with Crippen molar-refractivity contribution in [2.75, 3.05) is 0 Å². The second-order valence-electron chi connectivity index (χ2n) is 7.22. The standard InChI is InChI=1S/C23H22N2O3/c24-16-23(13-7-2-8-14-23)25-22(26)21-19(15-27-17-9-3-1-4-10-17)18-11-5-6-12-20(18)28-21/h1,3-6,9-12H,2,7-8,13-15H2,(H,25,26). The van der Waals surface area contributed by atoms with Gasteiger partial charge >= 0.3 is 0 Å². The number of carbonyl (C=O) groups excluding carboxylic acids is 1. The summed E-state index contributed by atoms with van der Waals surface area (Å²) in [6.45, 7) is 0.212. The van der Waals surface area contributed by atoms with Gasteiger partial charge in [0.05, 0.1) is 6.07 Å². The Morgan fingerprint density at radius 3 is 2.54 bits per heavy atom. The quantitative estimate of drug-likeness (QED) is 0.684. The lowest BCUT2D eigenvalue weighted by Crippen LogP contribution is -2.48. The molecule has 5 nitrogen and oxygen atoms in total. The topological polar surface area (TPSA) is 75.3 Å². The second kappa shape index (κ2) is 7.77. The van der Waals surface area contributed by atoms with Crippen molar-refractivity contribution in [1.29, 1.82) is 5.26 Å². The summed E-state index contributed by atoms with van der Waals surface area (Å²) < 4.78 is 11.8. The summed E-state index contributed by atoms with van der Waals surface area (Å²) in [4.78, 5) is 13.1. The maximum Gasteiger partial charge on any atom is 0.288 e. The molecule has 1 aromatic heterocycles. The molecule has 0 saturated heterocycles. The van der Waals surface area contributed by atoms with Crippen molar-refractivity contribution in [1.82, 2.24) is 5.32 Å². The maximum absolute atomic E-state index is 13.1. The minimum Gasteiger partial charge on any atom is -0.489 e. The molecule has 142 valence electrons. The fourth-order valence-electron chi connectivity index (χ4n) is 3.79. The summed E-state index contributed by atoms with van der Waals surface area (Å²) in [5.41, 5.74) is 0.515. The summed E-state index contributed by atoms with van der Waals surface area (Å²) in [6, 6.07) is 19.3. The summed E-state index contributed by atoms with van der Waals surface area (Å²) in [5.74, 6) is 0.587. The van der Waals surface area contributed by atoms with E-state index in [1.165, 1.54) is 0 Å². The molecular formula is C23H22N2O3. The van der Waals surface area contributed by atoms with Crippen molar-refractivity contribution in [3.8, 4) is 11.8 Å². The van der Waals surface area contributed by atoms with Gasteiger partial charge in [-0.15, -0.1) is 0 Å². The number of benzene rings is 2. The smallest absolute Gasteiger partial charge is 0.288 e. The lowest BCUT2D eigenvalue weighted by atomic mass is 9.83. The third-order valence-electron chi connectivity index (χ3n) is 5.30. The Kier molecular flexibility index (Phi) is 5.03. The first-order valence-electron chi connectivity index (χ1n) is 9.63. The van der Waals surface area contributed by atoms with E-state index in [1.54, 1.807) is 0 Å². The summed E-state index contributed by atoms with van der Waals surface area (Å²) in [6.07, 6.45) is 4.33. The van der Waals surface area contributed by atoms with Gasteiger partial charge in [0.15, 0.2) is 5.76 Å². The van der Waals surface area contributed by atoms with Crippen LogP contribution in [0.5, 0.6) is 5.75 Å². The summed E-state index contributed by atoms with van der Waals surface area (Å²) in [5, 5.41) is 13.5. The number of amides is 1. The van der Waals surface area contributed by atoms with Gasteiger partial charge in [-0.2, -0.15) is 5.26 Å². The number of para-hydroxylation sites is 2. The highest BCUT2D eigenvalue weighted by atomic mass is 16.5. The van der Waals surface area contributed by atoms with Gasteiger partial charge in [-0.25, -0.2) is 0 Å². The van der Waals surface area contributed by atoms with E-state index in [0.29, 0.717) is 24.0 Å². The molecule has 5 heteroatoms. The van der Waals surface area contributed by atoms with E-state index >= 15 is 0 Å². The molecule has 1 N–H and O–H groups in total. The van der Waals surface area contributed by atoms with Gasteiger partial charge in [0.1, 0.15) is 23.5 Å². The summed E-state index contributed by atoms with van der Waals surface area (Å²) in [7, 11) is 0. The first kappa shape index (κ1) is 18.1. The SMILES string of the molecule is N#CC1(NC(=O)c2oc3ccccc3c2COc2ccccc2)CCCCC1. The fourth-order valence-corrected chi connectivity index (χ4v) is 3.79. The van der Waals surface area contributed by atoms with Crippen LogP contribution in [-0.4, -0.2) is 11.4 Å². The number of nitriles is 1. The molecular weight excluding hydrogens is 352 g/mol. The first-order valence-corrected chi connectivity index (χ1v) is 9.63. The first-order chi connectivity index (χ1) is 13.7. The van der Waals surface area contributed by atoms with E-state index in [4.69, 9.17) is 9.15 Å². The van der Waals surface area contributed by atoms with Crippen LogP contribution in [-0.2, 0) is 6.61 Å². The molecule has 0 unspecified atom stereocenters. The molecule has 1 amide bonds. The van der Waals surface area contributed by atoms with Crippen LogP contribution < -0.4 is 10.1 Å². The Hall–Kier alpha value is -3.26. The van der Waals surface area contributed by atoms with Gasteiger partial charge in [0.25, 0.3) is 5.91 Å². The molecule has 4 rings (SSSR count). The van der Waals surface area contributed by atoms with Crippen LogP contribution in [0.2, 0.25) is 0 Å². The predicted molar refractivity (Wildman–Crippen MR) is 106 cm³/mol. The Bertz CT molecular complexity index is 1010. The molecule has 1 fully saturated rings. The van der Waals surface area contributed by atoms with E-state index < -0.39 is 5.54 Å². The van der Waals surface area contributed by atoms with E-state index in [9.17, 15) is 10.1 Å². The molecule has 28 heavy (non-hydrogen) atoms. The van der Waals surface area contributed by atoms with Crippen LogP contribution in [0.15, 0.2) is 59.0 Å². The van der Waals surface area contributed by atoms with Crippen LogP contribution in [0, 0.1) is 11.3 Å². The van der Waals surface area contributed by atoms with Gasteiger partial charge in [-0.1, -0.05) is 55.7 Å². The van der Waals surface area contributed by atoms with Crippen molar-refractivity contribution >= 4 is 16.9 Å². The number of nitrogens with zero attached hydrogens (tertiary/aromatic N) is 1. The van der Waals surface area contributed by atoms with Crippen LogP contribution in [0.1, 0.15) is 48.2 Å². The van der Waals surface area contributed by atoms with Crippen LogP contribution >= 0.6 is 0 Å². The van der Waals surface area contributed by atoms with E-state index in [0.717, 1.165) is 30.4 Å². The molecule has 0 atom stereocenters. The van der Waals surface area contributed by atoms with Crippen LogP contribution in [0.4, 0.5) is 0 Å². The van der Waals surface area contributed by atoms with E-state index in [1.807, 2.05) is 54.6 Å². The van der Waals surface area contributed by atoms with Crippen molar-refractivity contribution in [2.45, 2.75) is 44.2 Å². The van der Waals surface area contributed by atoms with Gasteiger partial charge in [-0.05, 0) is 31.0 Å². The Balaban J connectivity index is 1.64. The molecule has 0 radical (unpaired) electrons. The zero-order valence-electron chi connectivity index (χ0n) is 15.6. The minimum absolute atomic E-state index is 0.212. The van der Waals surface area contributed by atoms with Crippen molar-refractivity contribution in [3.05, 3.63) is 65.9 Å². The average molecular weight is 374 g/mol. The largest absolute Gasteiger partial charge is 0.489 e. The zero-order chi connectivity index (χ0) is 19.4. The van der Waals surface area contributed by atoms with Gasteiger partial charge in [0, 0.05) is 10.9 Å². The third kappa shape index (κ3) is 3.59. The molecule has 1 aliphatic rings. The number of fused-ring (bicyclic) bond motifs is 1. The van der Waals surface area contributed by atoms with Gasteiger partial charge < -0.3 is 14.5 Å². The number of hydrogen-bond donors (Lipinski definition) is 1. The number of furan rings is 1. The maximum atomic E-state index is 13.1. The second-order valence-corrected chi connectivity index (χ2v) is 7.22. The normalized spacial score (nSPS) is 15.7. The number of carbonyl (C=O) groups is 1. The van der Waals surface area contributed by atoms with Crippen molar-refractivity contribution < 1.29 is 13.9 Å². The number of nitrogens with one attached hydrogen (secondary N) is 1. The highest BCUT2D eigenvalue weighted by Gasteiger charge is 2.35. The fraction of sp³-hybridized carbons (Fsp3) is 0.304. The number of ether oxygens (including phenoxy) is 1. The number of rotatable bonds is 5.